The van der Waals surface area contributed by atoms with E-state index >= 15 is 0 Å². The number of rotatable bonds is 6. The molecular formula is C16H22N2O4. The quantitative estimate of drug-likeness (QED) is 0.858. The van der Waals surface area contributed by atoms with Gasteiger partial charge in [0.25, 0.3) is 5.91 Å². The molecule has 1 saturated heterocycles. The molecule has 0 saturated carbocycles. The first-order valence-corrected chi connectivity index (χ1v) is 7.57. The molecule has 2 rings (SSSR count). The molecule has 0 aromatic heterocycles. The number of carbonyl (C=O) groups excluding carboxylic acids is 1. The van der Waals surface area contributed by atoms with Gasteiger partial charge in [0.2, 0.25) is 0 Å². The summed E-state index contributed by atoms with van der Waals surface area (Å²) >= 11 is 0. The van der Waals surface area contributed by atoms with Gasteiger partial charge in [0, 0.05) is 32.7 Å². The van der Waals surface area contributed by atoms with E-state index in [-0.39, 0.29) is 12.3 Å². The Morgan fingerprint density at radius 3 is 2.50 bits per heavy atom. The molecule has 0 bridgehead atoms. The van der Waals surface area contributed by atoms with Crippen molar-refractivity contribution in [3.05, 3.63) is 29.8 Å². The zero-order valence-electron chi connectivity index (χ0n) is 12.8. The normalized spacial score (nSPS) is 15.6. The highest BCUT2D eigenvalue weighted by atomic mass is 16.5. The van der Waals surface area contributed by atoms with Gasteiger partial charge in [-0.05, 0) is 19.1 Å². The molecule has 120 valence electrons. The molecular weight excluding hydrogens is 284 g/mol. The Kier molecular flexibility index (Phi) is 5.77. The topological polar surface area (TPSA) is 70.1 Å². The lowest BCUT2D eigenvalue weighted by atomic mass is 10.1. The second-order valence-electron chi connectivity index (χ2n) is 5.21. The fraction of sp³-hybridized carbons (Fsp3) is 0.500. The number of amides is 1. The first-order chi connectivity index (χ1) is 10.6. The van der Waals surface area contributed by atoms with E-state index < -0.39 is 5.97 Å². The maximum Gasteiger partial charge on any atom is 0.304 e. The van der Waals surface area contributed by atoms with Crippen molar-refractivity contribution in [2.75, 3.05) is 39.3 Å². The Morgan fingerprint density at radius 2 is 1.86 bits per heavy atom. The molecule has 0 atom stereocenters. The van der Waals surface area contributed by atoms with Crippen molar-refractivity contribution in [1.82, 2.24) is 9.80 Å². The smallest absolute Gasteiger partial charge is 0.304 e. The number of carboxylic acids is 1. The van der Waals surface area contributed by atoms with Gasteiger partial charge in [-0.3, -0.25) is 14.5 Å². The molecule has 0 aliphatic carbocycles. The van der Waals surface area contributed by atoms with Crippen molar-refractivity contribution in [2.45, 2.75) is 13.3 Å². The summed E-state index contributed by atoms with van der Waals surface area (Å²) < 4.78 is 5.51. The van der Waals surface area contributed by atoms with Gasteiger partial charge in [-0.2, -0.15) is 0 Å². The van der Waals surface area contributed by atoms with E-state index in [9.17, 15) is 9.59 Å². The minimum Gasteiger partial charge on any atom is -0.493 e. The number of aliphatic carboxylic acids is 1. The summed E-state index contributed by atoms with van der Waals surface area (Å²) in [7, 11) is 0. The van der Waals surface area contributed by atoms with Gasteiger partial charge < -0.3 is 14.7 Å². The summed E-state index contributed by atoms with van der Waals surface area (Å²) in [6.07, 6.45) is 0.140. The fourth-order valence-corrected chi connectivity index (χ4v) is 2.52. The van der Waals surface area contributed by atoms with Crippen LogP contribution in [0, 0.1) is 0 Å². The Hall–Kier alpha value is -2.08. The molecule has 1 amide bonds. The number of hydrogen-bond donors (Lipinski definition) is 1. The van der Waals surface area contributed by atoms with E-state index in [1.807, 2.05) is 19.1 Å². The third kappa shape index (κ3) is 4.21. The highest BCUT2D eigenvalue weighted by molar-refractivity contribution is 5.97. The number of hydrogen-bond acceptors (Lipinski definition) is 4. The number of carbonyl (C=O) groups is 2. The highest BCUT2D eigenvalue weighted by Crippen LogP contribution is 2.20. The molecule has 22 heavy (non-hydrogen) atoms. The summed E-state index contributed by atoms with van der Waals surface area (Å²) in [4.78, 5) is 27.1. The predicted molar refractivity (Wildman–Crippen MR) is 82.2 cm³/mol. The Bertz CT molecular complexity index is 525. The van der Waals surface area contributed by atoms with Crippen molar-refractivity contribution < 1.29 is 19.4 Å². The summed E-state index contributed by atoms with van der Waals surface area (Å²) in [5.74, 6) is -0.200. The lowest BCUT2D eigenvalue weighted by molar-refractivity contribution is -0.137. The van der Waals surface area contributed by atoms with Gasteiger partial charge in [-0.1, -0.05) is 12.1 Å². The molecule has 6 heteroatoms. The number of nitrogens with zero attached hydrogens (tertiary/aromatic N) is 2. The van der Waals surface area contributed by atoms with Gasteiger partial charge in [0.15, 0.2) is 0 Å². The SMILES string of the molecule is CCOc1ccccc1C(=O)N1CCN(CCC(=O)O)CC1. The third-order valence-electron chi connectivity index (χ3n) is 3.72. The van der Waals surface area contributed by atoms with Crippen LogP contribution in [0.5, 0.6) is 5.75 Å². The van der Waals surface area contributed by atoms with E-state index in [1.54, 1.807) is 17.0 Å². The van der Waals surface area contributed by atoms with E-state index in [1.165, 1.54) is 0 Å². The zero-order chi connectivity index (χ0) is 15.9. The van der Waals surface area contributed by atoms with Crippen molar-refractivity contribution in [3.8, 4) is 5.75 Å². The van der Waals surface area contributed by atoms with Crippen LogP contribution in [0.1, 0.15) is 23.7 Å². The monoisotopic (exact) mass is 306 g/mol. The summed E-state index contributed by atoms with van der Waals surface area (Å²) in [5, 5.41) is 8.71. The molecule has 1 fully saturated rings. The first-order valence-electron chi connectivity index (χ1n) is 7.57. The third-order valence-corrected chi connectivity index (χ3v) is 3.72. The summed E-state index contributed by atoms with van der Waals surface area (Å²) in [6.45, 7) is 5.58. The molecule has 0 radical (unpaired) electrons. The number of para-hydroxylation sites is 1. The van der Waals surface area contributed by atoms with E-state index in [0.29, 0.717) is 50.6 Å². The zero-order valence-corrected chi connectivity index (χ0v) is 12.8. The van der Waals surface area contributed by atoms with Crippen molar-refractivity contribution in [3.63, 3.8) is 0 Å². The fourth-order valence-electron chi connectivity index (χ4n) is 2.52. The summed E-state index contributed by atoms with van der Waals surface area (Å²) in [5.41, 5.74) is 0.586. The van der Waals surface area contributed by atoms with Crippen molar-refractivity contribution in [1.29, 1.82) is 0 Å². The minimum absolute atomic E-state index is 0.0260. The van der Waals surface area contributed by atoms with Crippen LogP contribution >= 0.6 is 0 Å². The van der Waals surface area contributed by atoms with Gasteiger partial charge in [-0.25, -0.2) is 0 Å². The van der Waals surface area contributed by atoms with Crippen LogP contribution in [0.25, 0.3) is 0 Å². The Morgan fingerprint density at radius 1 is 1.18 bits per heavy atom. The molecule has 6 nitrogen and oxygen atoms in total. The van der Waals surface area contributed by atoms with Crippen molar-refractivity contribution in [2.24, 2.45) is 0 Å². The van der Waals surface area contributed by atoms with E-state index in [0.717, 1.165) is 0 Å². The Balaban J connectivity index is 1.94. The number of piperazine rings is 1. The second kappa shape index (κ2) is 7.79. The molecule has 0 spiro atoms. The van der Waals surface area contributed by atoms with Crippen LogP contribution in [0.2, 0.25) is 0 Å². The van der Waals surface area contributed by atoms with E-state index in [4.69, 9.17) is 9.84 Å². The van der Waals surface area contributed by atoms with Crippen LogP contribution in [-0.4, -0.2) is 66.1 Å². The molecule has 1 aromatic rings. The van der Waals surface area contributed by atoms with Crippen LogP contribution in [0.15, 0.2) is 24.3 Å². The molecule has 1 aliphatic heterocycles. The van der Waals surface area contributed by atoms with Gasteiger partial charge in [0.1, 0.15) is 5.75 Å². The van der Waals surface area contributed by atoms with Gasteiger partial charge in [0.05, 0.1) is 18.6 Å². The van der Waals surface area contributed by atoms with Crippen LogP contribution in [-0.2, 0) is 4.79 Å². The molecule has 1 heterocycles. The molecule has 0 unspecified atom stereocenters. The molecule has 1 aromatic carbocycles. The lowest BCUT2D eigenvalue weighted by Crippen LogP contribution is -2.49. The van der Waals surface area contributed by atoms with Crippen LogP contribution in [0.3, 0.4) is 0 Å². The maximum absolute atomic E-state index is 12.6. The average molecular weight is 306 g/mol. The number of carboxylic acid groups (broad SMARTS) is 1. The van der Waals surface area contributed by atoms with Crippen molar-refractivity contribution >= 4 is 11.9 Å². The van der Waals surface area contributed by atoms with Crippen LogP contribution in [0.4, 0.5) is 0 Å². The lowest BCUT2D eigenvalue weighted by Gasteiger charge is -2.34. The standard InChI is InChI=1S/C16H22N2O4/c1-2-22-14-6-4-3-5-13(14)16(21)18-11-9-17(10-12-18)8-7-15(19)20/h3-6H,2,7-12H2,1H3,(H,19,20). The van der Waals surface area contributed by atoms with Gasteiger partial charge in [-0.15, -0.1) is 0 Å². The van der Waals surface area contributed by atoms with E-state index in [2.05, 4.69) is 4.90 Å². The molecule has 1 N–H and O–H groups in total. The summed E-state index contributed by atoms with van der Waals surface area (Å²) in [6, 6.07) is 7.27. The van der Waals surface area contributed by atoms with Crippen LogP contribution < -0.4 is 4.74 Å². The minimum atomic E-state index is -0.788. The highest BCUT2D eigenvalue weighted by Gasteiger charge is 2.24. The first kappa shape index (κ1) is 16.3. The number of ether oxygens (including phenoxy) is 1. The van der Waals surface area contributed by atoms with Gasteiger partial charge >= 0.3 is 5.97 Å². The average Bonchev–Trinajstić information content (AvgIpc) is 2.53. The Labute approximate surface area is 130 Å². The number of benzene rings is 1. The second-order valence-corrected chi connectivity index (χ2v) is 5.21. The maximum atomic E-state index is 12.6. The largest absolute Gasteiger partial charge is 0.493 e. The predicted octanol–water partition coefficient (Wildman–Crippen LogP) is 1.32. The molecule has 1 aliphatic rings.